The van der Waals surface area contributed by atoms with Gasteiger partial charge in [-0.2, -0.15) is 9.61 Å². The highest BCUT2D eigenvalue weighted by Gasteiger charge is 2.18. The zero-order chi connectivity index (χ0) is 18.3. The van der Waals surface area contributed by atoms with Crippen LogP contribution in [0.3, 0.4) is 0 Å². The standard InChI is InChI=1S/C17H12F2N4O2S/c1-24-11-5-9(6-12(8-11)25-2)16-22-23-15(20-21-17(23)26-16)13-7-10(18)3-4-14(13)19/h3-8H,1-2H3. The minimum Gasteiger partial charge on any atom is -0.497 e. The van der Waals surface area contributed by atoms with Crippen molar-refractivity contribution in [2.45, 2.75) is 0 Å². The molecule has 0 unspecified atom stereocenters. The molecule has 2 heterocycles. The Morgan fingerprint density at radius 1 is 0.962 bits per heavy atom. The van der Waals surface area contributed by atoms with Gasteiger partial charge < -0.3 is 9.47 Å². The van der Waals surface area contributed by atoms with E-state index in [0.29, 0.717) is 21.5 Å². The Bertz CT molecular complexity index is 1090. The fourth-order valence-corrected chi connectivity index (χ4v) is 3.33. The topological polar surface area (TPSA) is 61.5 Å². The van der Waals surface area contributed by atoms with Crippen LogP contribution in [0.1, 0.15) is 0 Å². The van der Waals surface area contributed by atoms with Gasteiger partial charge in [0.25, 0.3) is 0 Å². The van der Waals surface area contributed by atoms with Gasteiger partial charge in [0.05, 0.1) is 19.8 Å². The predicted molar refractivity (Wildman–Crippen MR) is 92.6 cm³/mol. The Morgan fingerprint density at radius 3 is 2.38 bits per heavy atom. The third-order valence-corrected chi connectivity index (χ3v) is 4.71. The second-order valence-electron chi connectivity index (χ2n) is 5.35. The summed E-state index contributed by atoms with van der Waals surface area (Å²) in [5.41, 5.74) is 0.750. The van der Waals surface area contributed by atoms with Gasteiger partial charge >= 0.3 is 0 Å². The molecule has 0 saturated heterocycles. The smallest absolute Gasteiger partial charge is 0.235 e. The maximum Gasteiger partial charge on any atom is 0.235 e. The van der Waals surface area contributed by atoms with Gasteiger partial charge in [-0.3, -0.25) is 0 Å². The zero-order valence-corrected chi connectivity index (χ0v) is 14.6. The van der Waals surface area contributed by atoms with Crippen LogP contribution in [-0.4, -0.2) is 34.0 Å². The molecule has 0 aliphatic carbocycles. The minimum absolute atomic E-state index is 0.00225. The molecule has 0 N–H and O–H groups in total. The summed E-state index contributed by atoms with van der Waals surface area (Å²) in [6.07, 6.45) is 0. The van der Waals surface area contributed by atoms with Crippen LogP contribution in [0.4, 0.5) is 8.78 Å². The largest absolute Gasteiger partial charge is 0.497 e. The lowest BCUT2D eigenvalue weighted by molar-refractivity contribution is 0.394. The molecule has 9 heteroatoms. The van der Waals surface area contributed by atoms with Crippen LogP contribution in [0.2, 0.25) is 0 Å². The highest BCUT2D eigenvalue weighted by molar-refractivity contribution is 7.19. The summed E-state index contributed by atoms with van der Waals surface area (Å²) in [7, 11) is 3.12. The molecule has 2 aromatic carbocycles. The third-order valence-electron chi connectivity index (χ3n) is 3.76. The molecule has 4 aromatic rings. The summed E-state index contributed by atoms with van der Waals surface area (Å²) in [6, 6.07) is 8.52. The first-order valence-corrected chi connectivity index (χ1v) is 8.32. The number of benzene rings is 2. The molecule has 2 aromatic heterocycles. The van der Waals surface area contributed by atoms with Crippen LogP contribution in [0.15, 0.2) is 36.4 Å². The molecule has 0 saturated carbocycles. The van der Waals surface area contributed by atoms with Gasteiger partial charge in [0.15, 0.2) is 5.82 Å². The molecule has 0 amide bonds. The van der Waals surface area contributed by atoms with Gasteiger partial charge in [-0.15, -0.1) is 10.2 Å². The first-order chi connectivity index (χ1) is 12.6. The van der Waals surface area contributed by atoms with E-state index in [2.05, 4.69) is 15.3 Å². The lowest BCUT2D eigenvalue weighted by Gasteiger charge is -2.06. The fraction of sp³-hybridized carbons (Fsp3) is 0.118. The van der Waals surface area contributed by atoms with E-state index >= 15 is 0 Å². The molecule has 0 radical (unpaired) electrons. The average molecular weight is 374 g/mol. The second kappa shape index (κ2) is 6.34. The van der Waals surface area contributed by atoms with Crippen LogP contribution in [0.25, 0.3) is 26.9 Å². The number of aromatic nitrogens is 4. The van der Waals surface area contributed by atoms with Crippen molar-refractivity contribution < 1.29 is 18.3 Å². The minimum atomic E-state index is -0.599. The third kappa shape index (κ3) is 2.76. The summed E-state index contributed by atoms with van der Waals surface area (Å²) in [5.74, 6) is 0.197. The van der Waals surface area contributed by atoms with Crippen molar-refractivity contribution in [2.75, 3.05) is 14.2 Å². The molecule has 0 atom stereocenters. The van der Waals surface area contributed by atoms with Crippen LogP contribution in [0, 0.1) is 11.6 Å². The van der Waals surface area contributed by atoms with Crippen molar-refractivity contribution in [2.24, 2.45) is 0 Å². The van der Waals surface area contributed by atoms with E-state index in [1.54, 1.807) is 32.4 Å². The summed E-state index contributed by atoms with van der Waals surface area (Å²) in [5, 5.41) is 13.0. The van der Waals surface area contributed by atoms with Crippen molar-refractivity contribution >= 4 is 16.3 Å². The van der Waals surface area contributed by atoms with Crippen molar-refractivity contribution in [1.29, 1.82) is 0 Å². The zero-order valence-electron chi connectivity index (χ0n) is 13.7. The summed E-state index contributed by atoms with van der Waals surface area (Å²) >= 11 is 1.27. The van der Waals surface area contributed by atoms with Crippen molar-refractivity contribution in [3.63, 3.8) is 0 Å². The summed E-state index contributed by atoms with van der Waals surface area (Å²) in [6.45, 7) is 0. The molecule has 6 nitrogen and oxygen atoms in total. The second-order valence-corrected chi connectivity index (χ2v) is 6.31. The average Bonchev–Trinajstić information content (AvgIpc) is 3.24. The molecule has 4 rings (SSSR count). The quantitative estimate of drug-likeness (QED) is 0.544. The van der Waals surface area contributed by atoms with E-state index in [-0.39, 0.29) is 11.4 Å². The van der Waals surface area contributed by atoms with Gasteiger partial charge in [0.2, 0.25) is 4.96 Å². The van der Waals surface area contributed by atoms with E-state index in [4.69, 9.17) is 9.47 Å². The highest BCUT2D eigenvalue weighted by atomic mass is 32.1. The molecule has 0 spiro atoms. The normalized spacial score (nSPS) is 11.1. The van der Waals surface area contributed by atoms with Gasteiger partial charge in [0, 0.05) is 11.6 Å². The summed E-state index contributed by atoms with van der Waals surface area (Å²) < 4.78 is 39.5. The highest BCUT2D eigenvalue weighted by Crippen LogP contribution is 2.33. The van der Waals surface area contributed by atoms with Gasteiger partial charge in [-0.05, 0) is 30.3 Å². The maximum absolute atomic E-state index is 14.1. The van der Waals surface area contributed by atoms with E-state index in [0.717, 1.165) is 23.8 Å². The monoisotopic (exact) mass is 374 g/mol. The summed E-state index contributed by atoms with van der Waals surface area (Å²) in [4.78, 5) is 0.459. The first-order valence-electron chi connectivity index (χ1n) is 7.50. The number of rotatable bonds is 4. The number of ether oxygens (including phenoxy) is 2. The fourth-order valence-electron chi connectivity index (χ4n) is 2.50. The Kier molecular flexibility index (Phi) is 4.00. The molecule has 0 bridgehead atoms. The lowest BCUT2D eigenvalue weighted by atomic mass is 10.2. The Hall–Kier alpha value is -3.07. The Morgan fingerprint density at radius 2 is 1.69 bits per heavy atom. The Labute approximate surface area is 150 Å². The number of hydrogen-bond acceptors (Lipinski definition) is 6. The van der Waals surface area contributed by atoms with Gasteiger partial charge in [-0.25, -0.2) is 8.78 Å². The van der Waals surface area contributed by atoms with Crippen molar-refractivity contribution in [3.8, 4) is 33.5 Å². The van der Waals surface area contributed by atoms with Crippen LogP contribution >= 0.6 is 11.3 Å². The molecule has 0 aliphatic heterocycles. The molecule has 132 valence electrons. The molecule has 0 aliphatic rings. The van der Waals surface area contributed by atoms with Crippen molar-refractivity contribution in [3.05, 3.63) is 48.0 Å². The van der Waals surface area contributed by atoms with E-state index in [9.17, 15) is 8.78 Å². The molecular formula is C17H12F2N4O2S. The number of methoxy groups -OCH3 is 2. The number of nitrogens with zero attached hydrogens (tertiary/aromatic N) is 4. The van der Waals surface area contributed by atoms with E-state index < -0.39 is 11.6 Å². The SMILES string of the molecule is COc1cc(OC)cc(-c2nn3c(-c4cc(F)ccc4F)nnc3s2)c1. The van der Waals surface area contributed by atoms with Crippen LogP contribution < -0.4 is 9.47 Å². The van der Waals surface area contributed by atoms with E-state index in [1.165, 1.54) is 15.9 Å². The van der Waals surface area contributed by atoms with Gasteiger partial charge in [-0.1, -0.05) is 11.3 Å². The lowest BCUT2D eigenvalue weighted by Crippen LogP contribution is -1.95. The van der Waals surface area contributed by atoms with Gasteiger partial charge in [0.1, 0.15) is 28.1 Å². The van der Waals surface area contributed by atoms with Crippen LogP contribution in [0.5, 0.6) is 11.5 Å². The maximum atomic E-state index is 14.1. The number of halogens is 2. The number of fused-ring (bicyclic) bond motifs is 1. The number of hydrogen-bond donors (Lipinski definition) is 0. The van der Waals surface area contributed by atoms with Crippen molar-refractivity contribution in [1.82, 2.24) is 19.8 Å². The van der Waals surface area contributed by atoms with Crippen LogP contribution in [-0.2, 0) is 0 Å². The molecule has 0 fully saturated rings. The first kappa shape index (κ1) is 16.4. The molecular weight excluding hydrogens is 362 g/mol. The Balaban J connectivity index is 1.85. The molecule has 26 heavy (non-hydrogen) atoms. The van der Waals surface area contributed by atoms with E-state index in [1.807, 2.05) is 0 Å². The predicted octanol–water partition coefficient (Wildman–Crippen LogP) is 3.82.